The molecule has 0 N–H and O–H groups in total. The third kappa shape index (κ3) is 1.98. The average molecular weight is 153 g/mol. The second-order valence-corrected chi connectivity index (χ2v) is 3.49. The van der Waals surface area contributed by atoms with E-state index in [2.05, 4.69) is 25.3 Å². The van der Waals surface area contributed by atoms with Crippen LogP contribution in [0.3, 0.4) is 0 Å². The molecule has 1 aliphatic rings. The fraction of sp³-hybridized carbons (Fsp3) is 0.800. The van der Waals surface area contributed by atoms with Crippen LogP contribution in [0, 0.1) is 5.92 Å². The van der Waals surface area contributed by atoms with Crippen molar-refractivity contribution < 1.29 is 0 Å². The molecule has 1 fully saturated rings. The Morgan fingerprint density at radius 2 is 2.00 bits per heavy atom. The first-order chi connectivity index (χ1) is 5.25. The highest BCUT2D eigenvalue weighted by Crippen LogP contribution is 2.21. The third-order valence-electron chi connectivity index (χ3n) is 2.69. The SMILES string of the molecule is C=C([C@@H](C)CC)N1CCCC1. The van der Waals surface area contributed by atoms with E-state index >= 15 is 0 Å². The van der Waals surface area contributed by atoms with E-state index in [1.54, 1.807) is 0 Å². The Labute approximate surface area is 70.1 Å². The highest BCUT2D eigenvalue weighted by molar-refractivity contribution is 4.99. The lowest BCUT2D eigenvalue weighted by Crippen LogP contribution is -2.21. The molecule has 0 saturated carbocycles. The van der Waals surface area contributed by atoms with Gasteiger partial charge in [0.15, 0.2) is 0 Å². The van der Waals surface area contributed by atoms with Crippen LogP contribution in [0.25, 0.3) is 0 Å². The summed E-state index contributed by atoms with van der Waals surface area (Å²) in [5.41, 5.74) is 1.35. The zero-order chi connectivity index (χ0) is 8.27. The molecule has 0 aromatic heterocycles. The minimum Gasteiger partial charge on any atom is -0.375 e. The average Bonchev–Trinajstić information content (AvgIpc) is 2.53. The van der Waals surface area contributed by atoms with Crippen molar-refractivity contribution in [1.29, 1.82) is 0 Å². The number of allylic oxidation sites excluding steroid dienone is 1. The van der Waals surface area contributed by atoms with Crippen LogP contribution in [0.15, 0.2) is 12.3 Å². The van der Waals surface area contributed by atoms with Crippen LogP contribution in [-0.2, 0) is 0 Å². The van der Waals surface area contributed by atoms with Crippen LogP contribution in [0.4, 0.5) is 0 Å². The van der Waals surface area contributed by atoms with Crippen molar-refractivity contribution in [2.24, 2.45) is 5.92 Å². The molecular weight excluding hydrogens is 134 g/mol. The molecule has 0 amide bonds. The number of hydrogen-bond donors (Lipinski definition) is 0. The van der Waals surface area contributed by atoms with Crippen molar-refractivity contribution in [2.45, 2.75) is 33.1 Å². The van der Waals surface area contributed by atoms with Gasteiger partial charge < -0.3 is 4.90 Å². The first kappa shape index (κ1) is 8.63. The van der Waals surface area contributed by atoms with E-state index in [1.807, 2.05) is 0 Å². The van der Waals surface area contributed by atoms with Crippen LogP contribution in [0.2, 0.25) is 0 Å². The van der Waals surface area contributed by atoms with E-state index in [1.165, 1.54) is 38.0 Å². The van der Waals surface area contributed by atoms with Crippen molar-refractivity contribution in [1.82, 2.24) is 4.90 Å². The predicted octanol–water partition coefficient (Wildman–Crippen LogP) is 2.64. The minimum absolute atomic E-state index is 0.674. The Bertz CT molecular complexity index is 134. The molecule has 0 radical (unpaired) electrons. The van der Waals surface area contributed by atoms with Gasteiger partial charge in [-0.15, -0.1) is 0 Å². The van der Waals surface area contributed by atoms with Gasteiger partial charge in [-0.3, -0.25) is 0 Å². The van der Waals surface area contributed by atoms with E-state index in [0.29, 0.717) is 5.92 Å². The quantitative estimate of drug-likeness (QED) is 0.602. The first-order valence-electron chi connectivity index (χ1n) is 4.69. The summed E-state index contributed by atoms with van der Waals surface area (Å²) in [5.74, 6) is 0.674. The highest BCUT2D eigenvalue weighted by atomic mass is 15.1. The molecule has 1 saturated heterocycles. The topological polar surface area (TPSA) is 3.24 Å². The largest absolute Gasteiger partial charge is 0.375 e. The van der Waals surface area contributed by atoms with Gasteiger partial charge in [-0.2, -0.15) is 0 Å². The van der Waals surface area contributed by atoms with Crippen molar-refractivity contribution in [3.8, 4) is 0 Å². The summed E-state index contributed by atoms with van der Waals surface area (Å²) in [6.07, 6.45) is 3.93. The van der Waals surface area contributed by atoms with Gasteiger partial charge in [0.05, 0.1) is 0 Å². The summed E-state index contributed by atoms with van der Waals surface area (Å²) in [4.78, 5) is 2.44. The maximum Gasteiger partial charge on any atom is 0.0175 e. The second kappa shape index (κ2) is 3.80. The normalized spacial score (nSPS) is 20.4. The lowest BCUT2D eigenvalue weighted by molar-refractivity contribution is 0.368. The van der Waals surface area contributed by atoms with Gasteiger partial charge in [0.2, 0.25) is 0 Å². The summed E-state index contributed by atoms with van der Waals surface area (Å²) in [6.45, 7) is 11.1. The van der Waals surface area contributed by atoms with E-state index in [-0.39, 0.29) is 0 Å². The Balaban J connectivity index is 2.39. The lowest BCUT2D eigenvalue weighted by Gasteiger charge is -2.24. The predicted molar refractivity (Wildman–Crippen MR) is 49.4 cm³/mol. The number of hydrogen-bond acceptors (Lipinski definition) is 1. The van der Waals surface area contributed by atoms with Gasteiger partial charge in [-0.1, -0.05) is 20.4 Å². The Kier molecular flexibility index (Phi) is 2.98. The molecule has 0 aromatic rings. The molecule has 0 unspecified atom stereocenters. The molecule has 0 aromatic carbocycles. The lowest BCUT2D eigenvalue weighted by atomic mass is 10.1. The smallest absolute Gasteiger partial charge is 0.0175 e. The standard InChI is InChI=1S/C10H19N/c1-4-9(2)10(3)11-7-5-6-8-11/h9H,3-8H2,1-2H3/t9-/m0/s1. The summed E-state index contributed by atoms with van der Waals surface area (Å²) in [7, 11) is 0. The molecule has 1 heterocycles. The van der Waals surface area contributed by atoms with E-state index in [0.717, 1.165) is 0 Å². The molecule has 1 heteroatoms. The van der Waals surface area contributed by atoms with Crippen LogP contribution in [-0.4, -0.2) is 18.0 Å². The number of nitrogens with zero attached hydrogens (tertiary/aromatic N) is 1. The van der Waals surface area contributed by atoms with Gasteiger partial charge in [-0.25, -0.2) is 0 Å². The van der Waals surface area contributed by atoms with Crippen molar-refractivity contribution >= 4 is 0 Å². The summed E-state index contributed by atoms with van der Waals surface area (Å²) < 4.78 is 0. The fourth-order valence-corrected chi connectivity index (χ4v) is 1.55. The monoisotopic (exact) mass is 153 g/mol. The van der Waals surface area contributed by atoms with Crippen molar-refractivity contribution in [3.63, 3.8) is 0 Å². The zero-order valence-electron chi connectivity index (χ0n) is 7.77. The Morgan fingerprint density at radius 1 is 1.45 bits per heavy atom. The van der Waals surface area contributed by atoms with Crippen molar-refractivity contribution in [3.05, 3.63) is 12.3 Å². The van der Waals surface area contributed by atoms with E-state index in [9.17, 15) is 0 Å². The first-order valence-corrected chi connectivity index (χ1v) is 4.69. The number of rotatable bonds is 3. The maximum atomic E-state index is 4.13. The molecule has 1 atom stereocenters. The Hall–Kier alpha value is -0.460. The molecule has 64 valence electrons. The van der Waals surface area contributed by atoms with Crippen LogP contribution < -0.4 is 0 Å². The summed E-state index contributed by atoms with van der Waals surface area (Å²) >= 11 is 0. The molecule has 0 bridgehead atoms. The molecule has 1 rings (SSSR count). The van der Waals surface area contributed by atoms with Gasteiger partial charge >= 0.3 is 0 Å². The Morgan fingerprint density at radius 3 is 2.45 bits per heavy atom. The fourth-order valence-electron chi connectivity index (χ4n) is 1.55. The molecule has 1 aliphatic heterocycles. The maximum absolute atomic E-state index is 4.13. The van der Waals surface area contributed by atoms with Crippen LogP contribution >= 0.6 is 0 Å². The van der Waals surface area contributed by atoms with Gasteiger partial charge in [0.25, 0.3) is 0 Å². The third-order valence-corrected chi connectivity index (χ3v) is 2.69. The van der Waals surface area contributed by atoms with Crippen LogP contribution in [0.1, 0.15) is 33.1 Å². The molecule has 0 spiro atoms. The second-order valence-electron chi connectivity index (χ2n) is 3.49. The zero-order valence-corrected chi connectivity index (χ0v) is 7.77. The van der Waals surface area contributed by atoms with E-state index < -0.39 is 0 Å². The molecule has 11 heavy (non-hydrogen) atoms. The summed E-state index contributed by atoms with van der Waals surface area (Å²) in [5, 5.41) is 0. The molecular formula is C10H19N. The number of likely N-dealkylation sites (tertiary alicyclic amines) is 1. The summed E-state index contributed by atoms with van der Waals surface area (Å²) in [6, 6.07) is 0. The van der Waals surface area contributed by atoms with Gasteiger partial charge in [0, 0.05) is 18.8 Å². The van der Waals surface area contributed by atoms with Crippen molar-refractivity contribution in [2.75, 3.05) is 13.1 Å². The minimum atomic E-state index is 0.674. The molecule has 0 aliphatic carbocycles. The van der Waals surface area contributed by atoms with Gasteiger partial charge in [-0.05, 0) is 25.2 Å². The molecule has 1 nitrogen and oxygen atoms in total. The van der Waals surface area contributed by atoms with Gasteiger partial charge in [0.1, 0.15) is 0 Å². The highest BCUT2D eigenvalue weighted by Gasteiger charge is 2.16. The van der Waals surface area contributed by atoms with E-state index in [4.69, 9.17) is 0 Å². The van der Waals surface area contributed by atoms with Crippen LogP contribution in [0.5, 0.6) is 0 Å².